The van der Waals surface area contributed by atoms with E-state index in [1.165, 1.54) is 18.2 Å². The summed E-state index contributed by atoms with van der Waals surface area (Å²) in [5, 5.41) is 19.9. The van der Waals surface area contributed by atoms with E-state index in [4.69, 9.17) is 11.6 Å². The molecule has 0 spiro atoms. The lowest BCUT2D eigenvalue weighted by molar-refractivity contribution is 0.0954. The van der Waals surface area contributed by atoms with Crippen molar-refractivity contribution in [1.29, 1.82) is 0 Å². The van der Waals surface area contributed by atoms with E-state index in [1.54, 1.807) is 10.9 Å². The van der Waals surface area contributed by atoms with Gasteiger partial charge in [-0.05, 0) is 18.2 Å². The Morgan fingerprint density at radius 1 is 1.53 bits per heavy atom. The molecular formula is C12H13ClN4O2. The van der Waals surface area contributed by atoms with Crippen molar-refractivity contribution in [2.45, 2.75) is 6.42 Å². The minimum Gasteiger partial charge on any atom is -0.506 e. The molecule has 1 amide bonds. The van der Waals surface area contributed by atoms with Gasteiger partial charge in [0, 0.05) is 25.6 Å². The molecule has 2 rings (SSSR count). The fourth-order valence-electron chi connectivity index (χ4n) is 1.57. The first kappa shape index (κ1) is 13.4. The Kier molecular flexibility index (Phi) is 4.01. The molecule has 2 aromatic rings. The molecule has 0 unspecified atom stereocenters. The number of aromatic hydroxyl groups is 1. The summed E-state index contributed by atoms with van der Waals surface area (Å²) in [4.78, 5) is 11.8. The smallest absolute Gasteiger partial charge is 0.251 e. The highest BCUT2D eigenvalue weighted by Gasteiger charge is 2.08. The third kappa shape index (κ3) is 3.23. The van der Waals surface area contributed by atoms with E-state index in [0.29, 0.717) is 18.5 Å². The quantitative estimate of drug-likeness (QED) is 0.880. The Morgan fingerprint density at radius 3 is 2.95 bits per heavy atom. The number of hydrogen-bond acceptors (Lipinski definition) is 4. The molecule has 19 heavy (non-hydrogen) atoms. The van der Waals surface area contributed by atoms with Crippen LogP contribution >= 0.6 is 11.6 Å². The van der Waals surface area contributed by atoms with Crippen LogP contribution in [0.5, 0.6) is 5.75 Å². The van der Waals surface area contributed by atoms with E-state index in [9.17, 15) is 9.90 Å². The third-order valence-electron chi connectivity index (χ3n) is 2.65. The molecule has 0 saturated carbocycles. The molecule has 7 heteroatoms. The van der Waals surface area contributed by atoms with Gasteiger partial charge in [-0.3, -0.25) is 4.79 Å². The molecule has 0 aliphatic carbocycles. The predicted molar refractivity (Wildman–Crippen MR) is 70.2 cm³/mol. The highest BCUT2D eigenvalue weighted by Crippen LogP contribution is 2.23. The Balaban J connectivity index is 1.91. The van der Waals surface area contributed by atoms with Gasteiger partial charge in [-0.25, -0.2) is 0 Å². The SMILES string of the molecule is Cn1cnnc1CCNC(=O)c1ccc(O)c(Cl)c1. The van der Waals surface area contributed by atoms with E-state index < -0.39 is 0 Å². The second-order valence-corrected chi connectivity index (χ2v) is 4.44. The van der Waals surface area contributed by atoms with Crippen molar-refractivity contribution >= 4 is 17.5 Å². The second-order valence-electron chi connectivity index (χ2n) is 4.03. The third-order valence-corrected chi connectivity index (χ3v) is 2.95. The summed E-state index contributed by atoms with van der Waals surface area (Å²) in [7, 11) is 1.84. The van der Waals surface area contributed by atoms with Gasteiger partial charge in [-0.2, -0.15) is 0 Å². The summed E-state index contributed by atoms with van der Waals surface area (Å²) in [5.74, 6) is 0.505. The monoisotopic (exact) mass is 280 g/mol. The summed E-state index contributed by atoms with van der Waals surface area (Å²) in [6, 6.07) is 4.33. The average Bonchev–Trinajstić information content (AvgIpc) is 2.78. The van der Waals surface area contributed by atoms with Crippen molar-refractivity contribution in [2.24, 2.45) is 7.05 Å². The van der Waals surface area contributed by atoms with Crippen LogP contribution in [0.2, 0.25) is 5.02 Å². The zero-order valence-electron chi connectivity index (χ0n) is 10.3. The highest BCUT2D eigenvalue weighted by atomic mass is 35.5. The largest absolute Gasteiger partial charge is 0.506 e. The number of carbonyl (C=O) groups excluding carboxylic acids is 1. The maximum absolute atomic E-state index is 11.8. The molecule has 2 N–H and O–H groups in total. The number of hydrogen-bond donors (Lipinski definition) is 2. The van der Waals surface area contributed by atoms with Gasteiger partial charge in [0.25, 0.3) is 5.91 Å². The fraction of sp³-hybridized carbons (Fsp3) is 0.250. The lowest BCUT2D eigenvalue weighted by Crippen LogP contribution is -2.26. The van der Waals surface area contributed by atoms with Gasteiger partial charge >= 0.3 is 0 Å². The van der Waals surface area contributed by atoms with Gasteiger partial charge in [-0.1, -0.05) is 11.6 Å². The molecule has 1 heterocycles. The Hall–Kier alpha value is -2.08. The molecule has 0 bridgehead atoms. The molecule has 0 aliphatic heterocycles. The highest BCUT2D eigenvalue weighted by molar-refractivity contribution is 6.32. The molecular weight excluding hydrogens is 268 g/mol. The normalized spacial score (nSPS) is 10.4. The first-order chi connectivity index (χ1) is 9.08. The van der Waals surface area contributed by atoms with Gasteiger partial charge in [0.2, 0.25) is 0 Å². The number of nitrogens with zero attached hydrogens (tertiary/aromatic N) is 3. The van der Waals surface area contributed by atoms with Crippen LogP contribution < -0.4 is 5.32 Å². The molecule has 1 aromatic heterocycles. The number of carbonyl (C=O) groups is 1. The maximum Gasteiger partial charge on any atom is 0.251 e. The van der Waals surface area contributed by atoms with Crippen molar-refractivity contribution in [3.05, 3.63) is 40.9 Å². The molecule has 0 saturated heterocycles. The van der Waals surface area contributed by atoms with Gasteiger partial charge in [0.1, 0.15) is 17.9 Å². The number of phenolic OH excluding ortho intramolecular Hbond substituents is 1. The zero-order chi connectivity index (χ0) is 13.8. The number of benzene rings is 1. The topological polar surface area (TPSA) is 80.0 Å². The minimum atomic E-state index is -0.246. The minimum absolute atomic E-state index is 0.0442. The van der Waals surface area contributed by atoms with E-state index in [0.717, 1.165) is 5.82 Å². The number of aromatic nitrogens is 3. The Morgan fingerprint density at radius 2 is 2.32 bits per heavy atom. The summed E-state index contributed by atoms with van der Waals surface area (Å²) in [5.41, 5.74) is 0.403. The van der Waals surface area contributed by atoms with E-state index >= 15 is 0 Å². The lowest BCUT2D eigenvalue weighted by Gasteiger charge is -2.06. The number of phenols is 1. The summed E-state index contributed by atoms with van der Waals surface area (Å²) in [6.45, 7) is 0.448. The van der Waals surface area contributed by atoms with Crippen molar-refractivity contribution in [3.8, 4) is 5.75 Å². The number of aryl methyl sites for hydroxylation is 1. The van der Waals surface area contributed by atoms with E-state index in [2.05, 4.69) is 15.5 Å². The summed E-state index contributed by atoms with van der Waals surface area (Å²) in [6.07, 6.45) is 2.20. The van der Waals surface area contributed by atoms with Crippen LogP contribution in [0.3, 0.4) is 0 Å². The van der Waals surface area contributed by atoms with E-state index in [-0.39, 0.29) is 16.7 Å². The summed E-state index contributed by atoms with van der Waals surface area (Å²) < 4.78 is 1.80. The maximum atomic E-state index is 11.8. The predicted octanol–water partition coefficient (Wildman–Crippen LogP) is 1.15. The van der Waals surface area contributed by atoms with Crippen LogP contribution in [0, 0.1) is 0 Å². The van der Waals surface area contributed by atoms with Crippen molar-refractivity contribution < 1.29 is 9.90 Å². The standard InChI is InChI=1S/C12H13ClN4O2/c1-17-7-15-16-11(17)4-5-14-12(19)8-2-3-10(18)9(13)6-8/h2-3,6-7,18H,4-5H2,1H3,(H,14,19). The van der Waals surface area contributed by atoms with Crippen molar-refractivity contribution in [2.75, 3.05) is 6.54 Å². The van der Waals surface area contributed by atoms with Crippen molar-refractivity contribution in [3.63, 3.8) is 0 Å². The molecule has 1 aromatic carbocycles. The summed E-state index contributed by atoms with van der Waals surface area (Å²) >= 11 is 5.74. The van der Waals surface area contributed by atoms with Crippen LogP contribution in [0.25, 0.3) is 0 Å². The zero-order valence-corrected chi connectivity index (χ0v) is 11.1. The second kappa shape index (κ2) is 5.71. The number of nitrogens with one attached hydrogen (secondary N) is 1. The van der Waals surface area contributed by atoms with Crippen LogP contribution in [0.1, 0.15) is 16.2 Å². The van der Waals surface area contributed by atoms with Crippen LogP contribution in [0.15, 0.2) is 24.5 Å². The Labute approximate surface area is 115 Å². The van der Waals surface area contributed by atoms with Gasteiger partial charge in [0.05, 0.1) is 5.02 Å². The molecule has 0 atom stereocenters. The Bertz CT molecular complexity index is 597. The van der Waals surface area contributed by atoms with Gasteiger partial charge in [0.15, 0.2) is 0 Å². The number of rotatable bonds is 4. The van der Waals surface area contributed by atoms with Crippen molar-refractivity contribution in [1.82, 2.24) is 20.1 Å². The average molecular weight is 281 g/mol. The van der Waals surface area contributed by atoms with Gasteiger partial charge in [-0.15, -0.1) is 10.2 Å². The van der Waals surface area contributed by atoms with Crippen LogP contribution in [-0.4, -0.2) is 32.3 Å². The molecule has 100 valence electrons. The first-order valence-corrected chi connectivity index (χ1v) is 6.05. The lowest BCUT2D eigenvalue weighted by atomic mass is 10.2. The molecule has 0 aliphatic rings. The molecule has 0 radical (unpaired) electrons. The fourth-order valence-corrected chi connectivity index (χ4v) is 1.75. The number of amides is 1. The first-order valence-electron chi connectivity index (χ1n) is 5.67. The van der Waals surface area contributed by atoms with Gasteiger partial charge < -0.3 is 15.0 Å². The molecule has 0 fully saturated rings. The van der Waals surface area contributed by atoms with Crippen LogP contribution in [-0.2, 0) is 13.5 Å². The molecule has 6 nitrogen and oxygen atoms in total. The number of halogens is 1. The van der Waals surface area contributed by atoms with Crippen LogP contribution in [0.4, 0.5) is 0 Å². The van der Waals surface area contributed by atoms with E-state index in [1.807, 2.05) is 7.05 Å².